The van der Waals surface area contributed by atoms with Crippen molar-refractivity contribution in [2.75, 3.05) is 13.7 Å². The van der Waals surface area contributed by atoms with E-state index in [1.54, 1.807) is 6.07 Å². The van der Waals surface area contributed by atoms with Crippen molar-refractivity contribution >= 4 is 27.6 Å². The van der Waals surface area contributed by atoms with Gasteiger partial charge in [0.2, 0.25) is 10.0 Å². The van der Waals surface area contributed by atoms with E-state index in [2.05, 4.69) is 9.72 Å². The highest BCUT2D eigenvalue weighted by molar-refractivity contribution is 7.88. The van der Waals surface area contributed by atoms with Crippen LogP contribution in [0.1, 0.15) is 12.0 Å². The Morgan fingerprint density at radius 3 is 2.86 bits per heavy atom. The SMILES string of the molecule is COC(=O)C1CC(O)CN1S(=O)(=O)Cc1ccc(Cl)nc1. The summed E-state index contributed by atoms with van der Waals surface area (Å²) in [6.45, 7) is -0.122. The first-order chi connectivity index (χ1) is 9.83. The molecule has 2 heterocycles. The number of halogens is 1. The number of aliphatic hydroxyl groups is 1. The van der Waals surface area contributed by atoms with E-state index in [0.29, 0.717) is 5.56 Å². The Kier molecular flexibility index (Phi) is 4.82. The third-order valence-corrected chi connectivity index (χ3v) is 5.24. The first-order valence-electron chi connectivity index (χ1n) is 6.19. The number of carbonyl (C=O) groups is 1. The largest absolute Gasteiger partial charge is 0.468 e. The van der Waals surface area contributed by atoms with Gasteiger partial charge in [0, 0.05) is 19.2 Å². The lowest BCUT2D eigenvalue weighted by Crippen LogP contribution is -2.41. The van der Waals surface area contributed by atoms with Gasteiger partial charge in [-0.1, -0.05) is 17.7 Å². The number of hydrogen-bond acceptors (Lipinski definition) is 6. The maximum Gasteiger partial charge on any atom is 0.324 e. The highest BCUT2D eigenvalue weighted by atomic mass is 35.5. The fraction of sp³-hybridized carbons (Fsp3) is 0.500. The fourth-order valence-corrected chi connectivity index (χ4v) is 4.06. The third kappa shape index (κ3) is 3.70. The zero-order valence-electron chi connectivity index (χ0n) is 11.3. The van der Waals surface area contributed by atoms with E-state index in [1.165, 1.54) is 19.4 Å². The summed E-state index contributed by atoms with van der Waals surface area (Å²) in [6, 6.07) is 2.05. The molecule has 0 radical (unpaired) electrons. The van der Waals surface area contributed by atoms with Crippen LogP contribution in [-0.4, -0.2) is 54.6 Å². The predicted molar refractivity (Wildman–Crippen MR) is 75.0 cm³/mol. The zero-order valence-corrected chi connectivity index (χ0v) is 12.8. The fourth-order valence-electron chi connectivity index (χ4n) is 2.23. The van der Waals surface area contributed by atoms with E-state index in [4.69, 9.17) is 11.6 Å². The van der Waals surface area contributed by atoms with E-state index in [9.17, 15) is 18.3 Å². The Hall–Kier alpha value is -1.22. The molecule has 0 amide bonds. The van der Waals surface area contributed by atoms with E-state index < -0.39 is 28.1 Å². The lowest BCUT2D eigenvalue weighted by molar-refractivity contribution is -0.144. The highest BCUT2D eigenvalue weighted by Gasteiger charge is 2.43. The number of esters is 1. The van der Waals surface area contributed by atoms with Crippen LogP contribution in [0.5, 0.6) is 0 Å². The summed E-state index contributed by atoms with van der Waals surface area (Å²) in [5.41, 5.74) is 0.449. The number of ether oxygens (including phenoxy) is 1. The number of aliphatic hydroxyl groups excluding tert-OH is 1. The van der Waals surface area contributed by atoms with Crippen molar-refractivity contribution in [2.45, 2.75) is 24.3 Å². The van der Waals surface area contributed by atoms with E-state index in [-0.39, 0.29) is 23.9 Å². The first kappa shape index (κ1) is 16.2. The molecule has 1 saturated heterocycles. The van der Waals surface area contributed by atoms with E-state index >= 15 is 0 Å². The van der Waals surface area contributed by atoms with E-state index in [0.717, 1.165) is 4.31 Å². The number of carbonyl (C=O) groups excluding carboxylic acids is 1. The summed E-state index contributed by atoms with van der Waals surface area (Å²) >= 11 is 5.65. The molecule has 1 aromatic rings. The zero-order chi connectivity index (χ0) is 15.6. The molecule has 0 bridgehead atoms. The molecular formula is C12H15ClN2O5S. The lowest BCUT2D eigenvalue weighted by atomic mass is 10.2. The molecule has 0 spiro atoms. The minimum absolute atomic E-state index is 0.0325. The van der Waals surface area contributed by atoms with Crippen molar-refractivity contribution in [2.24, 2.45) is 0 Å². The maximum absolute atomic E-state index is 12.4. The second kappa shape index (κ2) is 6.27. The van der Waals surface area contributed by atoms with Crippen LogP contribution in [0.3, 0.4) is 0 Å². The molecule has 1 aromatic heterocycles. The van der Waals surface area contributed by atoms with Crippen molar-refractivity contribution in [3.8, 4) is 0 Å². The number of nitrogens with zero attached hydrogens (tertiary/aromatic N) is 2. The topological polar surface area (TPSA) is 96.8 Å². The van der Waals surface area contributed by atoms with Gasteiger partial charge < -0.3 is 9.84 Å². The van der Waals surface area contributed by atoms with Gasteiger partial charge in [0.1, 0.15) is 11.2 Å². The van der Waals surface area contributed by atoms with Crippen LogP contribution >= 0.6 is 11.6 Å². The van der Waals surface area contributed by atoms with Gasteiger partial charge in [-0.3, -0.25) is 4.79 Å². The maximum atomic E-state index is 12.4. The van der Waals surface area contributed by atoms with Gasteiger partial charge in [0.25, 0.3) is 0 Å². The van der Waals surface area contributed by atoms with Crippen molar-refractivity contribution in [3.63, 3.8) is 0 Å². The van der Waals surface area contributed by atoms with Gasteiger partial charge >= 0.3 is 5.97 Å². The van der Waals surface area contributed by atoms with Crippen molar-refractivity contribution in [1.82, 2.24) is 9.29 Å². The monoisotopic (exact) mass is 334 g/mol. The molecule has 21 heavy (non-hydrogen) atoms. The van der Waals surface area contributed by atoms with Crippen LogP contribution in [0.4, 0.5) is 0 Å². The molecule has 1 aliphatic heterocycles. The highest BCUT2D eigenvalue weighted by Crippen LogP contribution is 2.24. The van der Waals surface area contributed by atoms with Gasteiger partial charge in [-0.15, -0.1) is 0 Å². The molecule has 7 nitrogen and oxygen atoms in total. The molecule has 116 valence electrons. The van der Waals surface area contributed by atoms with Crippen molar-refractivity contribution < 1.29 is 23.1 Å². The Bertz CT molecular complexity index is 619. The number of rotatable bonds is 4. The number of aromatic nitrogens is 1. The second-order valence-electron chi connectivity index (χ2n) is 4.74. The van der Waals surface area contributed by atoms with Crippen LogP contribution in [-0.2, 0) is 25.3 Å². The van der Waals surface area contributed by atoms with Gasteiger partial charge in [-0.25, -0.2) is 13.4 Å². The smallest absolute Gasteiger partial charge is 0.324 e. The van der Waals surface area contributed by atoms with E-state index in [1.807, 2.05) is 0 Å². The third-order valence-electron chi connectivity index (χ3n) is 3.20. The normalized spacial score (nSPS) is 23.2. The molecule has 2 unspecified atom stereocenters. The molecule has 0 aromatic carbocycles. The van der Waals surface area contributed by atoms with Crippen LogP contribution in [0, 0.1) is 0 Å². The molecule has 2 rings (SSSR count). The molecule has 1 N–H and O–H groups in total. The molecule has 0 aliphatic carbocycles. The number of β-amino-alcohol motifs (C(OH)–C–C–N with tert-alkyl or cyclic N) is 1. The number of sulfonamides is 1. The lowest BCUT2D eigenvalue weighted by Gasteiger charge is -2.21. The van der Waals surface area contributed by atoms with Crippen molar-refractivity contribution in [3.05, 3.63) is 29.0 Å². The van der Waals surface area contributed by atoms with Crippen LogP contribution in [0.25, 0.3) is 0 Å². The summed E-state index contributed by atoms with van der Waals surface area (Å²) in [5.74, 6) is -0.999. The average Bonchev–Trinajstić information content (AvgIpc) is 2.83. The number of methoxy groups -OCH3 is 1. The van der Waals surface area contributed by atoms with Gasteiger partial charge in [-0.05, 0) is 11.6 Å². The molecule has 1 fully saturated rings. The predicted octanol–water partition coefficient (Wildman–Crippen LogP) is 0.173. The summed E-state index contributed by atoms with van der Waals surface area (Å²) in [6.07, 6.45) is 0.511. The summed E-state index contributed by atoms with van der Waals surface area (Å²) < 4.78 is 30.4. The quantitative estimate of drug-likeness (QED) is 0.623. The Balaban J connectivity index is 2.21. The van der Waals surface area contributed by atoms with Gasteiger partial charge in [0.15, 0.2) is 0 Å². The summed E-state index contributed by atoms with van der Waals surface area (Å²) in [4.78, 5) is 15.5. The van der Waals surface area contributed by atoms with Crippen LogP contribution in [0.2, 0.25) is 5.15 Å². The van der Waals surface area contributed by atoms with Crippen LogP contribution in [0.15, 0.2) is 18.3 Å². The Morgan fingerprint density at radius 1 is 1.57 bits per heavy atom. The minimum Gasteiger partial charge on any atom is -0.468 e. The minimum atomic E-state index is -3.77. The molecule has 2 atom stereocenters. The second-order valence-corrected chi connectivity index (χ2v) is 7.05. The molecule has 0 saturated carbocycles. The van der Waals surface area contributed by atoms with Gasteiger partial charge in [0.05, 0.1) is 19.0 Å². The Morgan fingerprint density at radius 2 is 2.29 bits per heavy atom. The number of pyridine rings is 1. The molecule has 9 heteroatoms. The summed E-state index contributed by atoms with van der Waals surface area (Å²) in [5, 5.41) is 9.90. The van der Waals surface area contributed by atoms with Crippen molar-refractivity contribution in [1.29, 1.82) is 0 Å². The summed E-state index contributed by atoms with van der Waals surface area (Å²) in [7, 11) is -2.59. The van der Waals surface area contributed by atoms with Crippen LogP contribution < -0.4 is 0 Å². The average molecular weight is 335 g/mol. The standard InChI is InChI=1S/C12H15ClN2O5S/c1-20-12(17)10-4-9(16)6-15(10)21(18,19)7-8-2-3-11(13)14-5-8/h2-3,5,9-10,16H,4,6-7H2,1H3. The van der Waals surface area contributed by atoms with Gasteiger partial charge in [-0.2, -0.15) is 4.31 Å². The first-order valence-corrected chi connectivity index (χ1v) is 8.18. The number of hydrogen-bond donors (Lipinski definition) is 1. The Labute approximate surface area is 127 Å². The molecule has 1 aliphatic rings. The molecular weight excluding hydrogens is 320 g/mol.